The number of benzene rings is 2. The van der Waals surface area contributed by atoms with E-state index in [4.69, 9.17) is 28.5 Å². The van der Waals surface area contributed by atoms with Gasteiger partial charge in [-0.05, 0) is 30.3 Å². The summed E-state index contributed by atoms with van der Waals surface area (Å²) < 4.78 is 24.7. The molecule has 3 rings (SSSR count). The molecule has 1 aliphatic heterocycles. The van der Waals surface area contributed by atoms with Crippen molar-refractivity contribution in [1.29, 1.82) is 5.26 Å². The van der Waals surface area contributed by atoms with Crippen LogP contribution < -0.4 is 4.90 Å². The van der Waals surface area contributed by atoms with Crippen LogP contribution >= 0.6 is 23.2 Å². The molecule has 1 aliphatic rings. The van der Waals surface area contributed by atoms with Crippen LogP contribution in [-0.4, -0.2) is 8.42 Å². The van der Waals surface area contributed by atoms with Crippen molar-refractivity contribution < 1.29 is 8.42 Å². The van der Waals surface area contributed by atoms with Crippen LogP contribution in [0.5, 0.6) is 0 Å². The first-order valence-electron chi connectivity index (χ1n) is 6.15. The standard InChI is InChI=1S/C15H8Cl2N2O2S/c16-12-6-5-10(7-13(12)17)19-9-11(8-18)22(20,21)15-4-2-1-3-14(15)19/h1-7,9H. The Morgan fingerprint density at radius 3 is 2.45 bits per heavy atom. The van der Waals surface area contributed by atoms with E-state index in [1.165, 1.54) is 12.3 Å². The molecule has 0 saturated heterocycles. The van der Waals surface area contributed by atoms with E-state index in [1.807, 2.05) is 0 Å². The van der Waals surface area contributed by atoms with Gasteiger partial charge in [-0.3, -0.25) is 0 Å². The first-order chi connectivity index (χ1) is 10.4. The zero-order valence-corrected chi connectivity index (χ0v) is 13.3. The van der Waals surface area contributed by atoms with Crippen molar-refractivity contribution in [1.82, 2.24) is 0 Å². The Morgan fingerprint density at radius 2 is 1.77 bits per heavy atom. The van der Waals surface area contributed by atoms with Crippen LogP contribution in [0.4, 0.5) is 11.4 Å². The topological polar surface area (TPSA) is 61.2 Å². The van der Waals surface area contributed by atoms with Crippen molar-refractivity contribution in [3.05, 3.63) is 63.6 Å². The molecule has 0 N–H and O–H groups in total. The van der Waals surface area contributed by atoms with Gasteiger partial charge in [0.05, 0.1) is 20.6 Å². The normalized spacial score (nSPS) is 15.7. The molecule has 7 heteroatoms. The number of hydrogen-bond donors (Lipinski definition) is 0. The van der Waals surface area contributed by atoms with Gasteiger partial charge in [0.15, 0.2) is 4.91 Å². The number of para-hydroxylation sites is 1. The number of nitrogens with zero attached hydrogens (tertiary/aromatic N) is 2. The van der Waals surface area contributed by atoms with Crippen LogP contribution in [0.15, 0.2) is 58.5 Å². The zero-order valence-electron chi connectivity index (χ0n) is 11.0. The summed E-state index contributed by atoms with van der Waals surface area (Å²) in [6.45, 7) is 0. The van der Waals surface area contributed by atoms with E-state index in [1.54, 1.807) is 47.4 Å². The average molecular weight is 351 g/mol. The number of halogens is 2. The van der Waals surface area contributed by atoms with Gasteiger partial charge in [0.1, 0.15) is 6.07 Å². The molecule has 0 spiro atoms. The molecule has 1 heterocycles. The molecule has 0 aliphatic carbocycles. The van der Waals surface area contributed by atoms with Gasteiger partial charge >= 0.3 is 0 Å². The minimum atomic E-state index is -3.79. The number of hydrogen-bond acceptors (Lipinski definition) is 4. The smallest absolute Gasteiger partial charge is 0.220 e. The van der Waals surface area contributed by atoms with Crippen molar-refractivity contribution in [3.8, 4) is 6.07 Å². The summed E-state index contributed by atoms with van der Waals surface area (Å²) in [5, 5.41) is 9.88. The molecule has 22 heavy (non-hydrogen) atoms. The third-order valence-corrected chi connectivity index (χ3v) is 5.68. The van der Waals surface area contributed by atoms with Gasteiger partial charge in [-0.1, -0.05) is 35.3 Å². The summed E-state index contributed by atoms with van der Waals surface area (Å²) >= 11 is 11.9. The summed E-state index contributed by atoms with van der Waals surface area (Å²) in [5.41, 5.74) is 1.07. The van der Waals surface area contributed by atoms with Crippen LogP contribution in [0, 0.1) is 11.3 Å². The van der Waals surface area contributed by atoms with Crippen molar-refractivity contribution in [2.45, 2.75) is 4.90 Å². The molecule has 4 nitrogen and oxygen atoms in total. The highest BCUT2D eigenvalue weighted by Gasteiger charge is 2.31. The number of rotatable bonds is 1. The van der Waals surface area contributed by atoms with E-state index in [0.29, 0.717) is 21.4 Å². The van der Waals surface area contributed by atoms with Crippen LogP contribution in [0.25, 0.3) is 0 Å². The lowest BCUT2D eigenvalue weighted by atomic mass is 10.2. The van der Waals surface area contributed by atoms with Crippen LogP contribution in [-0.2, 0) is 9.84 Å². The number of anilines is 2. The summed E-state index contributed by atoms with van der Waals surface area (Å²) in [4.78, 5) is 1.37. The number of nitriles is 1. The Balaban J connectivity index is 2.28. The minimum absolute atomic E-state index is 0.0834. The lowest BCUT2D eigenvalue weighted by Gasteiger charge is -2.27. The first kappa shape index (κ1) is 14.9. The Kier molecular flexibility index (Phi) is 3.61. The van der Waals surface area contributed by atoms with Crippen molar-refractivity contribution in [2.24, 2.45) is 0 Å². The largest absolute Gasteiger partial charge is 0.314 e. The van der Waals surface area contributed by atoms with E-state index in [9.17, 15) is 8.42 Å². The first-order valence-corrected chi connectivity index (χ1v) is 8.39. The highest BCUT2D eigenvalue weighted by atomic mass is 35.5. The average Bonchev–Trinajstić information content (AvgIpc) is 2.51. The second kappa shape index (κ2) is 5.33. The van der Waals surface area contributed by atoms with E-state index >= 15 is 0 Å². The predicted molar refractivity (Wildman–Crippen MR) is 85.9 cm³/mol. The Hall–Kier alpha value is -2.00. The summed E-state index contributed by atoms with van der Waals surface area (Å²) in [7, 11) is -3.79. The van der Waals surface area contributed by atoms with E-state index in [-0.39, 0.29) is 9.80 Å². The Labute approximate surface area is 137 Å². The number of fused-ring (bicyclic) bond motifs is 1. The zero-order chi connectivity index (χ0) is 15.9. The third-order valence-electron chi connectivity index (χ3n) is 3.24. The van der Waals surface area contributed by atoms with E-state index in [0.717, 1.165) is 0 Å². The quantitative estimate of drug-likeness (QED) is 0.769. The van der Waals surface area contributed by atoms with Crippen LogP contribution in [0.1, 0.15) is 0 Å². The number of sulfone groups is 1. The molecule has 0 aromatic heterocycles. The lowest BCUT2D eigenvalue weighted by molar-refractivity contribution is 0.602. The second-order valence-electron chi connectivity index (χ2n) is 4.54. The molecule has 0 saturated carbocycles. The van der Waals surface area contributed by atoms with Crippen LogP contribution in [0.3, 0.4) is 0 Å². The fraction of sp³-hybridized carbons (Fsp3) is 0. The monoisotopic (exact) mass is 350 g/mol. The molecule has 0 fully saturated rings. The predicted octanol–water partition coefficient (Wildman–Crippen LogP) is 4.28. The molecule has 0 amide bonds. The Morgan fingerprint density at radius 1 is 1.05 bits per heavy atom. The van der Waals surface area contributed by atoms with Gasteiger partial charge < -0.3 is 4.90 Å². The van der Waals surface area contributed by atoms with Crippen molar-refractivity contribution in [3.63, 3.8) is 0 Å². The van der Waals surface area contributed by atoms with Crippen molar-refractivity contribution >= 4 is 44.4 Å². The van der Waals surface area contributed by atoms with E-state index < -0.39 is 9.84 Å². The molecule has 2 aromatic carbocycles. The maximum atomic E-state index is 12.4. The molecule has 0 radical (unpaired) electrons. The van der Waals surface area contributed by atoms with Gasteiger partial charge in [-0.2, -0.15) is 5.26 Å². The third kappa shape index (κ3) is 2.26. The number of allylic oxidation sites excluding steroid dienone is 1. The van der Waals surface area contributed by atoms with Gasteiger partial charge in [-0.15, -0.1) is 0 Å². The molecule has 2 aromatic rings. The lowest BCUT2D eigenvalue weighted by Crippen LogP contribution is -2.21. The minimum Gasteiger partial charge on any atom is -0.314 e. The molecule has 0 bridgehead atoms. The molecule has 0 atom stereocenters. The summed E-state index contributed by atoms with van der Waals surface area (Å²) in [6.07, 6.45) is 1.29. The summed E-state index contributed by atoms with van der Waals surface area (Å²) in [5.74, 6) is 0. The summed E-state index contributed by atoms with van der Waals surface area (Å²) in [6, 6.07) is 13.1. The molecule has 0 unspecified atom stereocenters. The van der Waals surface area contributed by atoms with Gasteiger partial charge in [0.25, 0.3) is 0 Å². The van der Waals surface area contributed by atoms with Gasteiger partial charge in [0, 0.05) is 11.9 Å². The second-order valence-corrected chi connectivity index (χ2v) is 7.25. The van der Waals surface area contributed by atoms with E-state index in [2.05, 4.69) is 0 Å². The van der Waals surface area contributed by atoms with Gasteiger partial charge in [-0.25, -0.2) is 8.42 Å². The van der Waals surface area contributed by atoms with Gasteiger partial charge in [0.2, 0.25) is 9.84 Å². The maximum Gasteiger partial charge on any atom is 0.220 e. The molecular formula is C15H8Cl2N2O2S. The SMILES string of the molecule is N#CC1=CN(c2ccc(Cl)c(Cl)c2)c2ccccc2S1(=O)=O. The maximum absolute atomic E-state index is 12.4. The van der Waals surface area contributed by atoms with Crippen molar-refractivity contribution in [2.75, 3.05) is 4.90 Å². The highest BCUT2D eigenvalue weighted by Crippen LogP contribution is 2.40. The molecule has 110 valence electrons. The Bertz CT molecular complexity index is 946. The highest BCUT2D eigenvalue weighted by molar-refractivity contribution is 7.95. The fourth-order valence-electron chi connectivity index (χ4n) is 2.20. The molecular weight excluding hydrogens is 343 g/mol. The fourth-order valence-corrected chi connectivity index (χ4v) is 3.79. The van der Waals surface area contributed by atoms with Crippen LogP contribution in [0.2, 0.25) is 10.0 Å².